The van der Waals surface area contributed by atoms with Crippen molar-refractivity contribution in [2.45, 2.75) is 37.8 Å². The van der Waals surface area contributed by atoms with E-state index in [1.54, 1.807) is 0 Å². The number of nitrogens with two attached hydrogens (primary N) is 1. The molecular formula is C19H24N6O3. The molecule has 9 heteroatoms. The second-order valence-electron chi connectivity index (χ2n) is 7.13. The van der Waals surface area contributed by atoms with E-state index in [1.807, 2.05) is 18.2 Å². The molecule has 0 unspecified atom stereocenters. The molecule has 2 aliphatic rings. The van der Waals surface area contributed by atoms with Gasteiger partial charge in [-0.25, -0.2) is 4.98 Å². The number of amides is 1. The van der Waals surface area contributed by atoms with Crippen LogP contribution in [0.2, 0.25) is 0 Å². The largest absolute Gasteiger partial charge is 0.489 e. The average Bonchev–Trinajstić information content (AvgIpc) is 3.11. The molecule has 1 aliphatic heterocycles. The van der Waals surface area contributed by atoms with Gasteiger partial charge in [0.05, 0.1) is 11.3 Å². The summed E-state index contributed by atoms with van der Waals surface area (Å²) < 4.78 is 5.57. The van der Waals surface area contributed by atoms with E-state index in [4.69, 9.17) is 10.5 Å². The Morgan fingerprint density at radius 1 is 1.32 bits per heavy atom. The number of benzene rings is 1. The number of primary amides is 1. The Kier molecular flexibility index (Phi) is 5.16. The molecule has 148 valence electrons. The van der Waals surface area contributed by atoms with E-state index >= 15 is 0 Å². The summed E-state index contributed by atoms with van der Waals surface area (Å²) in [7, 11) is 0. The van der Waals surface area contributed by atoms with E-state index in [0.29, 0.717) is 30.1 Å². The van der Waals surface area contributed by atoms with Gasteiger partial charge in [-0.1, -0.05) is 12.8 Å². The highest BCUT2D eigenvalue weighted by atomic mass is 16.5. The fraction of sp³-hybridized carbons (Fsp3) is 0.421. The fourth-order valence-electron chi connectivity index (χ4n) is 3.47. The van der Waals surface area contributed by atoms with Crippen molar-refractivity contribution in [2.75, 3.05) is 29.1 Å². The maximum absolute atomic E-state index is 11.7. The lowest BCUT2D eigenvalue weighted by molar-refractivity contribution is 0.100. The van der Waals surface area contributed by atoms with Crippen molar-refractivity contribution in [1.29, 1.82) is 0 Å². The standard InChI is InChI=1S/C19H24N6O3/c20-17(27)14-9-22-19(25-18(14)23-11-3-1-2-4-11)24-12-5-6-16-15(7-12)21-8-13(26)10-28-16/h5-7,9,11,13,21,26H,1-4,8,10H2,(H2,20,27)(H2,22,23,24,25)/t13-/m1/s1. The van der Waals surface area contributed by atoms with Crippen LogP contribution in [0.25, 0.3) is 0 Å². The summed E-state index contributed by atoms with van der Waals surface area (Å²) >= 11 is 0. The SMILES string of the molecule is NC(=O)c1cnc(Nc2ccc3c(c2)NC[C@@H](O)CO3)nc1NC1CCCC1. The van der Waals surface area contributed by atoms with Gasteiger partial charge >= 0.3 is 0 Å². The van der Waals surface area contributed by atoms with E-state index in [0.717, 1.165) is 24.2 Å². The molecule has 0 spiro atoms. The van der Waals surface area contributed by atoms with Crippen LogP contribution < -0.4 is 26.4 Å². The van der Waals surface area contributed by atoms with Gasteiger partial charge in [0.25, 0.3) is 5.91 Å². The molecule has 1 fully saturated rings. The highest BCUT2D eigenvalue weighted by Gasteiger charge is 2.20. The van der Waals surface area contributed by atoms with Crippen LogP contribution in [-0.4, -0.2) is 46.3 Å². The van der Waals surface area contributed by atoms with E-state index in [9.17, 15) is 9.90 Å². The van der Waals surface area contributed by atoms with Crippen LogP contribution in [0.3, 0.4) is 0 Å². The molecule has 6 N–H and O–H groups in total. The van der Waals surface area contributed by atoms with Crippen LogP contribution >= 0.6 is 0 Å². The van der Waals surface area contributed by atoms with E-state index < -0.39 is 12.0 Å². The molecule has 1 aliphatic carbocycles. The molecule has 28 heavy (non-hydrogen) atoms. The molecule has 2 heterocycles. The zero-order chi connectivity index (χ0) is 19.5. The minimum atomic E-state index is -0.558. The van der Waals surface area contributed by atoms with Gasteiger partial charge in [-0.15, -0.1) is 0 Å². The second-order valence-corrected chi connectivity index (χ2v) is 7.13. The Hall–Kier alpha value is -3.07. The van der Waals surface area contributed by atoms with Gasteiger partial charge in [-0.3, -0.25) is 4.79 Å². The van der Waals surface area contributed by atoms with E-state index in [-0.39, 0.29) is 12.2 Å². The molecule has 9 nitrogen and oxygen atoms in total. The lowest BCUT2D eigenvalue weighted by Crippen LogP contribution is -2.23. The van der Waals surface area contributed by atoms with Crippen molar-refractivity contribution in [1.82, 2.24) is 9.97 Å². The zero-order valence-corrected chi connectivity index (χ0v) is 15.4. The van der Waals surface area contributed by atoms with Crippen LogP contribution in [0.5, 0.6) is 5.75 Å². The number of anilines is 4. The topological polar surface area (TPSA) is 134 Å². The summed E-state index contributed by atoms with van der Waals surface area (Å²) in [6.07, 6.45) is 5.31. The molecule has 0 radical (unpaired) electrons. The Labute approximate surface area is 162 Å². The van der Waals surface area contributed by atoms with Crippen LogP contribution in [-0.2, 0) is 0 Å². The van der Waals surface area contributed by atoms with Gasteiger partial charge < -0.3 is 31.5 Å². The number of nitrogens with one attached hydrogen (secondary N) is 3. The minimum absolute atomic E-state index is 0.251. The molecule has 1 atom stereocenters. The number of β-amino-alcohol motifs (C(OH)–C–C–N with tert-alkyl or cyclic N) is 1. The monoisotopic (exact) mass is 384 g/mol. The quantitative estimate of drug-likeness (QED) is 0.527. The normalized spacial score (nSPS) is 19.1. The lowest BCUT2D eigenvalue weighted by Gasteiger charge is -2.16. The Bertz CT molecular complexity index is 869. The summed E-state index contributed by atoms with van der Waals surface area (Å²) in [4.78, 5) is 20.4. The van der Waals surface area contributed by atoms with Crippen LogP contribution in [0.15, 0.2) is 24.4 Å². The fourth-order valence-corrected chi connectivity index (χ4v) is 3.47. The molecule has 1 amide bonds. The number of rotatable bonds is 5. The second kappa shape index (κ2) is 7.89. The third-order valence-corrected chi connectivity index (χ3v) is 4.95. The first kappa shape index (κ1) is 18.3. The molecule has 1 aromatic heterocycles. The minimum Gasteiger partial charge on any atom is -0.489 e. The number of aliphatic hydroxyl groups is 1. The average molecular weight is 384 g/mol. The van der Waals surface area contributed by atoms with Crippen LogP contribution in [0.1, 0.15) is 36.0 Å². The van der Waals surface area contributed by atoms with Crippen molar-refractivity contribution in [2.24, 2.45) is 5.73 Å². The first-order valence-electron chi connectivity index (χ1n) is 9.47. The van der Waals surface area contributed by atoms with Gasteiger partial charge in [-0.05, 0) is 31.0 Å². The van der Waals surface area contributed by atoms with Crippen molar-refractivity contribution in [3.63, 3.8) is 0 Å². The van der Waals surface area contributed by atoms with Crippen LogP contribution in [0, 0.1) is 0 Å². The summed E-state index contributed by atoms with van der Waals surface area (Å²) in [5.74, 6) is 0.934. The van der Waals surface area contributed by atoms with Gasteiger partial charge in [0.1, 0.15) is 24.3 Å². The summed E-state index contributed by atoms with van der Waals surface area (Å²) in [6, 6.07) is 5.82. The maximum atomic E-state index is 11.7. The number of fused-ring (bicyclic) bond motifs is 1. The molecule has 1 saturated carbocycles. The number of aliphatic hydroxyl groups excluding tert-OH is 1. The predicted octanol–water partition coefficient (Wildman–Crippen LogP) is 1.84. The highest BCUT2D eigenvalue weighted by molar-refractivity contribution is 5.97. The van der Waals surface area contributed by atoms with Crippen molar-refractivity contribution >= 4 is 29.0 Å². The smallest absolute Gasteiger partial charge is 0.254 e. The summed E-state index contributed by atoms with van der Waals surface area (Å²) in [5, 5.41) is 19.3. The zero-order valence-electron chi connectivity index (χ0n) is 15.4. The third kappa shape index (κ3) is 4.09. The van der Waals surface area contributed by atoms with Gasteiger partial charge in [-0.2, -0.15) is 4.98 Å². The molecule has 0 bridgehead atoms. The van der Waals surface area contributed by atoms with Gasteiger partial charge in [0.15, 0.2) is 0 Å². The Morgan fingerprint density at radius 3 is 2.93 bits per heavy atom. The number of hydrogen-bond acceptors (Lipinski definition) is 8. The molecule has 1 aromatic carbocycles. The first-order chi connectivity index (χ1) is 13.6. The number of aromatic nitrogens is 2. The van der Waals surface area contributed by atoms with Crippen molar-refractivity contribution in [3.8, 4) is 5.75 Å². The Morgan fingerprint density at radius 2 is 2.14 bits per heavy atom. The maximum Gasteiger partial charge on any atom is 0.254 e. The lowest BCUT2D eigenvalue weighted by atomic mass is 10.2. The van der Waals surface area contributed by atoms with Gasteiger partial charge in [0, 0.05) is 24.5 Å². The number of carbonyl (C=O) groups excluding carboxylic acids is 1. The molecular weight excluding hydrogens is 360 g/mol. The van der Waals surface area contributed by atoms with Crippen molar-refractivity contribution < 1.29 is 14.6 Å². The number of hydrogen-bond donors (Lipinski definition) is 5. The van der Waals surface area contributed by atoms with Gasteiger partial charge in [0.2, 0.25) is 5.95 Å². The van der Waals surface area contributed by atoms with E-state index in [2.05, 4.69) is 25.9 Å². The third-order valence-electron chi connectivity index (χ3n) is 4.95. The van der Waals surface area contributed by atoms with Crippen LogP contribution in [0.4, 0.5) is 23.1 Å². The number of nitrogens with zero attached hydrogens (tertiary/aromatic N) is 2. The Balaban J connectivity index is 1.55. The molecule has 4 rings (SSSR count). The highest BCUT2D eigenvalue weighted by Crippen LogP contribution is 2.31. The summed E-state index contributed by atoms with van der Waals surface area (Å²) in [5.41, 5.74) is 7.28. The van der Waals surface area contributed by atoms with E-state index in [1.165, 1.54) is 19.0 Å². The number of ether oxygens (including phenoxy) is 1. The predicted molar refractivity (Wildman–Crippen MR) is 106 cm³/mol. The molecule has 0 saturated heterocycles. The summed E-state index contributed by atoms with van der Waals surface area (Å²) in [6.45, 7) is 0.663. The number of carbonyl (C=O) groups is 1. The first-order valence-corrected chi connectivity index (χ1v) is 9.47. The molecule has 2 aromatic rings. The van der Waals surface area contributed by atoms with Crippen molar-refractivity contribution in [3.05, 3.63) is 30.0 Å².